The van der Waals surface area contributed by atoms with Gasteiger partial charge >= 0.3 is 5.69 Å². The number of benzene rings is 3. The van der Waals surface area contributed by atoms with E-state index in [1.165, 1.54) is 7.05 Å². The summed E-state index contributed by atoms with van der Waals surface area (Å²) in [4.78, 5) is 17.6. The van der Waals surface area contributed by atoms with Gasteiger partial charge in [-0.05, 0) is 49.5 Å². The average Bonchev–Trinajstić information content (AvgIpc) is 3.53. The molecule has 0 saturated carbocycles. The van der Waals surface area contributed by atoms with Gasteiger partial charge in [0.2, 0.25) is 10.0 Å². The first-order chi connectivity index (χ1) is 16.8. The second-order valence-electron chi connectivity index (χ2n) is 8.35. The van der Waals surface area contributed by atoms with E-state index in [9.17, 15) is 13.2 Å². The number of imidazole rings is 2. The van der Waals surface area contributed by atoms with Crippen molar-refractivity contribution in [3.63, 3.8) is 0 Å². The number of sulfonamides is 1. The van der Waals surface area contributed by atoms with Gasteiger partial charge in [0.1, 0.15) is 5.82 Å². The molecule has 8 nitrogen and oxygen atoms in total. The lowest BCUT2D eigenvalue weighted by molar-refractivity contribution is 0.588. The third-order valence-corrected chi connectivity index (χ3v) is 8.82. The molecular weight excluding hydrogens is 482 g/mol. The summed E-state index contributed by atoms with van der Waals surface area (Å²) in [5.41, 5.74) is 4.55. The first-order valence-corrected chi connectivity index (χ1v) is 13.2. The largest absolute Gasteiger partial charge is 0.328 e. The van der Waals surface area contributed by atoms with Gasteiger partial charge in [0, 0.05) is 40.8 Å². The molecule has 0 aliphatic carbocycles. The van der Waals surface area contributed by atoms with Crippen LogP contribution >= 0.6 is 11.3 Å². The topological polar surface area (TPSA) is 90.9 Å². The molecule has 3 aromatic carbocycles. The van der Waals surface area contributed by atoms with E-state index < -0.39 is 10.0 Å². The standard InChI is InChI=1S/C25H21N5O3S2/c1-26-35(32,33)16-9-10-19-21(13-16)30(15-8-11-20-22(12-15)29(3)25(31)28(20)2)24(27-19)18-14-34-23-7-5-4-6-17(18)23/h4-14,26H,1-3H3. The van der Waals surface area contributed by atoms with E-state index in [2.05, 4.69) is 22.2 Å². The van der Waals surface area contributed by atoms with Gasteiger partial charge in [-0.1, -0.05) is 18.2 Å². The maximum Gasteiger partial charge on any atom is 0.328 e. The van der Waals surface area contributed by atoms with E-state index in [-0.39, 0.29) is 10.6 Å². The third-order valence-electron chi connectivity index (χ3n) is 6.44. The minimum absolute atomic E-state index is 0.112. The molecule has 0 unspecified atom stereocenters. The molecule has 3 aromatic heterocycles. The number of hydrogen-bond acceptors (Lipinski definition) is 5. The summed E-state index contributed by atoms with van der Waals surface area (Å²) in [6.45, 7) is 0. The van der Waals surface area contributed by atoms with Crippen LogP contribution < -0.4 is 10.4 Å². The number of rotatable bonds is 4. The molecule has 3 heterocycles. The molecule has 0 atom stereocenters. The molecule has 0 saturated heterocycles. The summed E-state index contributed by atoms with van der Waals surface area (Å²) in [6.07, 6.45) is 0. The van der Waals surface area contributed by atoms with Gasteiger partial charge in [-0.25, -0.2) is 22.9 Å². The fourth-order valence-electron chi connectivity index (χ4n) is 4.57. The predicted molar refractivity (Wildman–Crippen MR) is 140 cm³/mol. The van der Waals surface area contributed by atoms with Crippen LogP contribution in [0.1, 0.15) is 0 Å². The Kier molecular flexibility index (Phi) is 4.75. The summed E-state index contributed by atoms with van der Waals surface area (Å²) in [7, 11) is 1.23. The zero-order valence-electron chi connectivity index (χ0n) is 19.2. The zero-order chi connectivity index (χ0) is 24.5. The van der Waals surface area contributed by atoms with Crippen LogP contribution in [0.25, 0.3) is 49.2 Å². The van der Waals surface area contributed by atoms with Gasteiger partial charge in [-0.2, -0.15) is 0 Å². The lowest BCUT2D eigenvalue weighted by Gasteiger charge is -2.11. The van der Waals surface area contributed by atoms with Gasteiger partial charge in [0.25, 0.3) is 0 Å². The summed E-state index contributed by atoms with van der Waals surface area (Å²) in [5.74, 6) is 0.705. The molecule has 6 rings (SSSR count). The summed E-state index contributed by atoms with van der Waals surface area (Å²) < 4.78 is 33.9. The molecule has 0 spiro atoms. The minimum atomic E-state index is -3.65. The Morgan fingerprint density at radius 2 is 1.69 bits per heavy atom. The Morgan fingerprint density at radius 1 is 0.914 bits per heavy atom. The molecule has 0 radical (unpaired) electrons. The van der Waals surface area contributed by atoms with Crippen LogP contribution in [0.5, 0.6) is 0 Å². The van der Waals surface area contributed by atoms with Crippen molar-refractivity contribution in [2.75, 3.05) is 7.05 Å². The zero-order valence-corrected chi connectivity index (χ0v) is 20.8. The number of nitrogens with one attached hydrogen (secondary N) is 1. The highest BCUT2D eigenvalue weighted by atomic mass is 32.2. The number of aromatic nitrogens is 4. The highest BCUT2D eigenvalue weighted by Crippen LogP contribution is 2.37. The Labute approximate surface area is 204 Å². The monoisotopic (exact) mass is 503 g/mol. The number of hydrogen-bond donors (Lipinski definition) is 1. The van der Waals surface area contributed by atoms with Gasteiger partial charge in [-0.3, -0.25) is 13.7 Å². The highest BCUT2D eigenvalue weighted by molar-refractivity contribution is 7.89. The van der Waals surface area contributed by atoms with E-state index in [1.54, 1.807) is 52.8 Å². The lowest BCUT2D eigenvalue weighted by Crippen LogP contribution is -2.19. The lowest BCUT2D eigenvalue weighted by atomic mass is 10.1. The molecule has 0 aliphatic heterocycles. The Hall–Kier alpha value is -3.73. The smallest absolute Gasteiger partial charge is 0.295 e. The van der Waals surface area contributed by atoms with Crippen LogP contribution in [0.2, 0.25) is 0 Å². The van der Waals surface area contributed by atoms with Gasteiger partial charge in [-0.15, -0.1) is 11.3 Å². The van der Waals surface area contributed by atoms with Crippen molar-refractivity contribution in [2.24, 2.45) is 14.1 Å². The van der Waals surface area contributed by atoms with E-state index in [0.717, 1.165) is 32.4 Å². The van der Waals surface area contributed by atoms with Crippen LogP contribution in [-0.2, 0) is 24.1 Å². The molecule has 6 aromatic rings. The fraction of sp³-hybridized carbons (Fsp3) is 0.120. The molecule has 0 amide bonds. The first-order valence-electron chi connectivity index (χ1n) is 10.9. The number of thiophene rings is 1. The summed E-state index contributed by atoms with van der Waals surface area (Å²) in [5, 5.41) is 3.15. The minimum Gasteiger partial charge on any atom is -0.295 e. The van der Waals surface area contributed by atoms with Gasteiger partial charge in [0.05, 0.1) is 27.0 Å². The quantitative estimate of drug-likeness (QED) is 0.394. The van der Waals surface area contributed by atoms with Crippen molar-refractivity contribution in [3.8, 4) is 17.1 Å². The summed E-state index contributed by atoms with van der Waals surface area (Å²) in [6, 6.07) is 18.8. The SMILES string of the molecule is CNS(=O)(=O)c1ccc2nc(-c3csc4ccccc34)n(-c3ccc4c(c3)n(C)c(=O)n4C)c2c1. The number of aryl methyl sites for hydroxylation is 2. The van der Waals surface area contributed by atoms with E-state index in [4.69, 9.17) is 4.98 Å². The van der Waals surface area contributed by atoms with Crippen molar-refractivity contribution in [1.82, 2.24) is 23.4 Å². The van der Waals surface area contributed by atoms with Crippen LogP contribution in [0.3, 0.4) is 0 Å². The number of fused-ring (bicyclic) bond motifs is 3. The van der Waals surface area contributed by atoms with Crippen molar-refractivity contribution in [1.29, 1.82) is 0 Å². The Balaban J connectivity index is 1.72. The first kappa shape index (κ1) is 21.8. The molecule has 0 fully saturated rings. The van der Waals surface area contributed by atoms with Gasteiger partial charge < -0.3 is 0 Å². The fourth-order valence-corrected chi connectivity index (χ4v) is 6.26. The van der Waals surface area contributed by atoms with E-state index in [1.807, 2.05) is 34.9 Å². The average molecular weight is 504 g/mol. The maximum atomic E-state index is 12.6. The number of nitrogens with zero attached hydrogens (tertiary/aromatic N) is 4. The second kappa shape index (κ2) is 7.64. The molecule has 1 N–H and O–H groups in total. The molecule has 35 heavy (non-hydrogen) atoms. The molecular formula is C25H21N5O3S2. The van der Waals surface area contributed by atoms with Crippen molar-refractivity contribution in [2.45, 2.75) is 4.90 Å². The molecule has 10 heteroatoms. The Morgan fingerprint density at radius 3 is 2.49 bits per heavy atom. The van der Waals surface area contributed by atoms with Crippen LogP contribution in [0, 0.1) is 0 Å². The van der Waals surface area contributed by atoms with E-state index in [0.29, 0.717) is 16.9 Å². The Bertz CT molecular complexity index is 1960. The maximum absolute atomic E-state index is 12.6. The third kappa shape index (κ3) is 3.18. The van der Waals surface area contributed by atoms with Crippen molar-refractivity contribution < 1.29 is 8.42 Å². The summed E-state index contributed by atoms with van der Waals surface area (Å²) >= 11 is 1.64. The normalized spacial score (nSPS) is 12.3. The molecule has 176 valence electrons. The molecule has 0 aliphatic rings. The van der Waals surface area contributed by atoms with E-state index >= 15 is 0 Å². The van der Waals surface area contributed by atoms with Crippen molar-refractivity contribution in [3.05, 3.63) is 76.5 Å². The van der Waals surface area contributed by atoms with Crippen molar-refractivity contribution >= 4 is 53.5 Å². The highest BCUT2D eigenvalue weighted by Gasteiger charge is 2.21. The van der Waals surface area contributed by atoms with Gasteiger partial charge in [0.15, 0.2) is 0 Å². The van der Waals surface area contributed by atoms with Crippen LogP contribution in [0.15, 0.2) is 75.7 Å². The predicted octanol–water partition coefficient (Wildman–Crippen LogP) is 4.01. The van der Waals surface area contributed by atoms with Crippen LogP contribution in [-0.4, -0.2) is 34.2 Å². The second-order valence-corrected chi connectivity index (χ2v) is 11.1. The van der Waals surface area contributed by atoms with Crippen LogP contribution in [0.4, 0.5) is 0 Å². The molecule has 0 bridgehead atoms.